The van der Waals surface area contributed by atoms with E-state index < -0.39 is 6.10 Å². The average molecular weight is 267 g/mol. The van der Waals surface area contributed by atoms with Gasteiger partial charge in [-0.05, 0) is 33.8 Å². The molecule has 0 aliphatic rings. The lowest BCUT2D eigenvalue weighted by atomic mass is 10.2. The van der Waals surface area contributed by atoms with Crippen LogP contribution in [0.15, 0.2) is 34.3 Å². The van der Waals surface area contributed by atoms with Crippen LogP contribution in [0.1, 0.15) is 16.5 Å². The van der Waals surface area contributed by atoms with E-state index in [9.17, 15) is 9.90 Å². The molecule has 3 nitrogen and oxygen atoms in total. The van der Waals surface area contributed by atoms with Gasteiger partial charge >= 0.3 is 0 Å². The minimum absolute atomic E-state index is 0.0565. The monoisotopic (exact) mass is 267 g/mol. The molecule has 0 bridgehead atoms. The summed E-state index contributed by atoms with van der Waals surface area (Å²) in [6, 6.07) is 5.68. The molecule has 0 saturated carbocycles. The maximum atomic E-state index is 11.6. The summed E-state index contributed by atoms with van der Waals surface area (Å²) in [7, 11) is 0. The molecule has 0 aliphatic heterocycles. The van der Waals surface area contributed by atoms with E-state index in [0.717, 1.165) is 10.4 Å². The molecule has 2 heterocycles. The number of hydrogen-bond donors (Lipinski definition) is 2. The van der Waals surface area contributed by atoms with Gasteiger partial charge in [-0.25, -0.2) is 0 Å². The first-order valence-electron chi connectivity index (χ1n) is 5.25. The maximum absolute atomic E-state index is 11.6. The molecule has 0 aliphatic carbocycles. The van der Waals surface area contributed by atoms with E-state index in [1.54, 1.807) is 11.3 Å². The van der Waals surface area contributed by atoms with Crippen LogP contribution in [0.3, 0.4) is 0 Å². The number of aliphatic hydroxyl groups is 1. The second-order valence-electron chi connectivity index (χ2n) is 3.64. The van der Waals surface area contributed by atoms with Gasteiger partial charge in [0.15, 0.2) is 0 Å². The summed E-state index contributed by atoms with van der Waals surface area (Å²) in [5.41, 5.74) is 1.01. The lowest BCUT2D eigenvalue weighted by molar-refractivity contribution is -0.120. The lowest BCUT2D eigenvalue weighted by Crippen LogP contribution is -2.29. The highest BCUT2D eigenvalue weighted by molar-refractivity contribution is 7.10. The largest absolute Gasteiger partial charge is 0.386 e. The van der Waals surface area contributed by atoms with Gasteiger partial charge < -0.3 is 10.4 Å². The summed E-state index contributed by atoms with van der Waals surface area (Å²) in [6.45, 7) is 0.267. The molecule has 0 radical (unpaired) electrons. The number of nitrogens with one attached hydrogen (secondary N) is 1. The van der Waals surface area contributed by atoms with Crippen LogP contribution in [0.4, 0.5) is 0 Å². The Balaban J connectivity index is 1.76. The number of carbonyl (C=O) groups excluding carboxylic acids is 1. The smallest absolute Gasteiger partial charge is 0.224 e. The third-order valence-electron chi connectivity index (χ3n) is 2.31. The molecule has 90 valence electrons. The molecule has 0 aromatic carbocycles. The Morgan fingerprint density at radius 2 is 2.29 bits per heavy atom. The first-order valence-corrected chi connectivity index (χ1v) is 7.07. The van der Waals surface area contributed by atoms with Crippen LogP contribution >= 0.6 is 22.7 Å². The number of carbonyl (C=O) groups is 1. The van der Waals surface area contributed by atoms with Crippen molar-refractivity contribution < 1.29 is 9.90 Å². The summed E-state index contributed by atoms with van der Waals surface area (Å²) >= 11 is 3.06. The van der Waals surface area contributed by atoms with E-state index in [1.165, 1.54) is 11.3 Å². The van der Waals surface area contributed by atoms with Crippen LogP contribution in [0.5, 0.6) is 0 Å². The van der Waals surface area contributed by atoms with Crippen LogP contribution in [-0.2, 0) is 11.2 Å². The number of amides is 1. The Bertz CT molecular complexity index is 451. The third kappa shape index (κ3) is 3.66. The number of hydrogen-bond acceptors (Lipinski definition) is 4. The molecular weight excluding hydrogens is 254 g/mol. The Hall–Kier alpha value is -1.17. The molecule has 2 N–H and O–H groups in total. The fourth-order valence-electron chi connectivity index (χ4n) is 1.43. The normalized spacial score (nSPS) is 12.3. The van der Waals surface area contributed by atoms with Crippen LogP contribution in [0.2, 0.25) is 0 Å². The standard InChI is InChI=1S/C12H13NO2S2/c14-10(11-2-1-4-17-11)7-13-12(15)6-9-3-5-16-8-9/h1-5,8,10,14H,6-7H2,(H,13,15)/t10-/m1/s1. The number of aliphatic hydroxyl groups excluding tert-OH is 1. The zero-order valence-electron chi connectivity index (χ0n) is 9.13. The fraction of sp³-hybridized carbons (Fsp3) is 0.250. The Kier molecular flexibility index (Phi) is 4.30. The lowest BCUT2D eigenvalue weighted by Gasteiger charge is -2.09. The molecule has 0 unspecified atom stereocenters. The van der Waals surface area contributed by atoms with Crippen molar-refractivity contribution in [1.82, 2.24) is 5.32 Å². The molecule has 2 aromatic rings. The molecule has 0 saturated heterocycles. The predicted octanol–water partition coefficient (Wildman–Crippen LogP) is 2.20. The highest BCUT2D eigenvalue weighted by atomic mass is 32.1. The molecule has 0 fully saturated rings. The van der Waals surface area contributed by atoms with Crippen molar-refractivity contribution in [2.45, 2.75) is 12.5 Å². The summed E-state index contributed by atoms with van der Waals surface area (Å²) in [5.74, 6) is -0.0565. The first-order chi connectivity index (χ1) is 8.25. The second-order valence-corrected chi connectivity index (χ2v) is 5.40. The van der Waals surface area contributed by atoms with E-state index in [0.29, 0.717) is 6.42 Å². The Morgan fingerprint density at radius 1 is 1.41 bits per heavy atom. The molecule has 1 atom stereocenters. The van der Waals surface area contributed by atoms with Gasteiger partial charge in [0.1, 0.15) is 6.10 Å². The van der Waals surface area contributed by atoms with Crippen LogP contribution < -0.4 is 5.32 Å². The van der Waals surface area contributed by atoms with Gasteiger partial charge in [0.05, 0.1) is 6.42 Å². The number of thiophene rings is 2. The molecule has 17 heavy (non-hydrogen) atoms. The molecule has 5 heteroatoms. The van der Waals surface area contributed by atoms with E-state index in [4.69, 9.17) is 0 Å². The summed E-state index contributed by atoms with van der Waals surface area (Å²) in [6.07, 6.45) is -0.234. The van der Waals surface area contributed by atoms with Gasteiger partial charge in [0.25, 0.3) is 0 Å². The van der Waals surface area contributed by atoms with Gasteiger partial charge in [-0.3, -0.25) is 4.79 Å². The van der Waals surface area contributed by atoms with Gasteiger partial charge in [0.2, 0.25) is 5.91 Å². The number of rotatable bonds is 5. The average Bonchev–Trinajstić information content (AvgIpc) is 2.97. The van der Waals surface area contributed by atoms with Crippen molar-refractivity contribution in [3.63, 3.8) is 0 Å². The van der Waals surface area contributed by atoms with Gasteiger partial charge in [-0.1, -0.05) is 6.07 Å². The Labute approximate surface area is 108 Å². The van der Waals surface area contributed by atoms with Crippen molar-refractivity contribution >= 4 is 28.6 Å². The van der Waals surface area contributed by atoms with E-state index in [-0.39, 0.29) is 12.5 Å². The zero-order valence-corrected chi connectivity index (χ0v) is 10.8. The van der Waals surface area contributed by atoms with Gasteiger partial charge in [-0.2, -0.15) is 11.3 Å². The second kappa shape index (κ2) is 5.95. The quantitative estimate of drug-likeness (QED) is 0.872. The minimum Gasteiger partial charge on any atom is -0.386 e. The van der Waals surface area contributed by atoms with Gasteiger partial charge in [0, 0.05) is 11.4 Å². The van der Waals surface area contributed by atoms with Crippen molar-refractivity contribution in [2.75, 3.05) is 6.54 Å². The van der Waals surface area contributed by atoms with Crippen molar-refractivity contribution in [3.8, 4) is 0 Å². The Morgan fingerprint density at radius 3 is 2.94 bits per heavy atom. The van der Waals surface area contributed by atoms with E-state index in [1.807, 2.05) is 34.3 Å². The topological polar surface area (TPSA) is 49.3 Å². The summed E-state index contributed by atoms with van der Waals surface area (Å²) < 4.78 is 0. The summed E-state index contributed by atoms with van der Waals surface area (Å²) in [4.78, 5) is 12.4. The maximum Gasteiger partial charge on any atom is 0.224 e. The molecule has 2 aromatic heterocycles. The first kappa shape index (κ1) is 12.3. The van der Waals surface area contributed by atoms with Crippen LogP contribution in [0.25, 0.3) is 0 Å². The van der Waals surface area contributed by atoms with Crippen LogP contribution in [-0.4, -0.2) is 17.6 Å². The molecular formula is C12H13NO2S2. The molecule has 0 spiro atoms. The SMILES string of the molecule is O=C(Cc1ccsc1)NC[C@@H](O)c1cccs1. The highest BCUT2D eigenvalue weighted by Gasteiger charge is 2.10. The van der Waals surface area contributed by atoms with Crippen molar-refractivity contribution in [3.05, 3.63) is 44.8 Å². The van der Waals surface area contributed by atoms with Crippen molar-refractivity contribution in [2.24, 2.45) is 0 Å². The fourth-order valence-corrected chi connectivity index (χ4v) is 2.81. The van der Waals surface area contributed by atoms with Crippen molar-refractivity contribution in [1.29, 1.82) is 0 Å². The van der Waals surface area contributed by atoms with E-state index in [2.05, 4.69) is 5.32 Å². The summed E-state index contributed by atoms with van der Waals surface area (Å²) in [5, 5.41) is 18.3. The predicted molar refractivity (Wildman–Crippen MR) is 70.3 cm³/mol. The highest BCUT2D eigenvalue weighted by Crippen LogP contribution is 2.17. The molecule has 1 amide bonds. The third-order valence-corrected chi connectivity index (χ3v) is 4.01. The van der Waals surface area contributed by atoms with E-state index >= 15 is 0 Å². The minimum atomic E-state index is -0.610. The molecule has 2 rings (SSSR count). The van der Waals surface area contributed by atoms with Gasteiger partial charge in [-0.15, -0.1) is 11.3 Å². The zero-order chi connectivity index (χ0) is 12.1. The van der Waals surface area contributed by atoms with Crippen LogP contribution in [0, 0.1) is 0 Å².